The van der Waals surface area contributed by atoms with E-state index in [0.29, 0.717) is 13.2 Å². The summed E-state index contributed by atoms with van der Waals surface area (Å²) in [6.07, 6.45) is 0. The van der Waals surface area contributed by atoms with Crippen LogP contribution >= 0.6 is 11.6 Å². The van der Waals surface area contributed by atoms with Gasteiger partial charge in [-0.2, -0.15) is 4.31 Å². The van der Waals surface area contributed by atoms with Crippen LogP contribution < -0.4 is 10.1 Å². The predicted molar refractivity (Wildman–Crippen MR) is 109 cm³/mol. The zero-order valence-corrected chi connectivity index (χ0v) is 17.9. The molecule has 1 saturated heterocycles. The van der Waals surface area contributed by atoms with Gasteiger partial charge in [-0.15, -0.1) is 0 Å². The molecule has 2 aromatic rings. The standard InChI is InChI=1S/C20H22ClFN2O5S/c1-14(15-2-4-16(22)5-3-15)23-20(25)13-29-19-7-6-17(12-18(19)21)30(26,27)24-8-10-28-11-9-24/h2-7,12,14H,8-11,13H2,1H3,(H,23,25)/t14-/m1/s1. The average molecular weight is 457 g/mol. The molecule has 1 N–H and O–H groups in total. The van der Waals surface area contributed by atoms with Crippen molar-refractivity contribution in [2.75, 3.05) is 32.9 Å². The van der Waals surface area contributed by atoms with Crippen LogP contribution in [0.3, 0.4) is 0 Å². The third kappa shape index (κ3) is 5.48. The van der Waals surface area contributed by atoms with E-state index in [4.69, 9.17) is 21.1 Å². The Hall–Kier alpha value is -2.20. The van der Waals surface area contributed by atoms with Crippen LogP contribution in [-0.2, 0) is 19.6 Å². The molecule has 0 radical (unpaired) electrons. The number of sulfonamides is 1. The topological polar surface area (TPSA) is 84.9 Å². The first-order valence-electron chi connectivity index (χ1n) is 9.32. The average Bonchev–Trinajstić information content (AvgIpc) is 2.73. The van der Waals surface area contributed by atoms with Gasteiger partial charge in [0.05, 0.1) is 29.2 Å². The van der Waals surface area contributed by atoms with E-state index < -0.39 is 15.9 Å². The number of hydrogen-bond donors (Lipinski definition) is 1. The van der Waals surface area contributed by atoms with Crippen LogP contribution in [0.2, 0.25) is 5.02 Å². The zero-order valence-electron chi connectivity index (χ0n) is 16.3. The second-order valence-electron chi connectivity index (χ2n) is 6.74. The third-order valence-corrected chi connectivity index (χ3v) is 6.81. The smallest absolute Gasteiger partial charge is 0.258 e. The van der Waals surface area contributed by atoms with Crippen LogP contribution in [0.15, 0.2) is 47.4 Å². The van der Waals surface area contributed by atoms with Crippen LogP contribution in [-0.4, -0.2) is 51.5 Å². The van der Waals surface area contributed by atoms with Crippen molar-refractivity contribution in [3.63, 3.8) is 0 Å². The maximum Gasteiger partial charge on any atom is 0.258 e. The second kappa shape index (κ2) is 9.74. The number of halogens is 2. The van der Waals surface area contributed by atoms with E-state index in [-0.39, 0.29) is 47.2 Å². The Morgan fingerprint density at radius 3 is 2.53 bits per heavy atom. The molecule has 0 aliphatic carbocycles. The quantitative estimate of drug-likeness (QED) is 0.692. The van der Waals surface area contributed by atoms with Gasteiger partial charge in [0.2, 0.25) is 10.0 Å². The first-order valence-corrected chi connectivity index (χ1v) is 11.1. The van der Waals surface area contributed by atoms with Crippen molar-refractivity contribution in [3.8, 4) is 5.75 Å². The number of hydrogen-bond acceptors (Lipinski definition) is 5. The maximum absolute atomic E-state index is 13.0. The highest BCUT2D eigenvalue weighted by Crippen LogP contribution is 2.29. The minimum atomic E-state index is -3.67. The molecule has 0 aromatic heterocycles. The van der Waals surface area contributed by atoms with Crippen LogP contribution in [0.5, 0.6) is 5.75 Å². The van der Waals surface area contributed by atoms with Gasteiger partial charge in [0.1, 0.15) is 11.6 Å². The van der Waals surface area contributed by atoms with Crippen molar-refractivity contribution >= 4 is 27.5 Å². The molecule has 1 heterocycles. The SMILES string of the molecule is C[C@@H](NC(=O)COc1ccc(S(=O)(=O)N2CCOCC2)cc1Cl)c1ccc(F)cc1. The van der Waals surface area contributed by atoms with Gasteiger partial charge >= 0.3 is 0 Å². The highest BCUT2D eigenvalue weighted by Gasteiger charge is 2.27. The van der Waals surface area contributed by atoms with Crippen LogP contribution in [0, 0.1) is 5.82 Å². The molecular weight excluding hydrogens is 435 g/mol. The van der Waals surface area contributed by atoms with E-state index in [1.165, 1.54) is 34.6 Å². The van der Waals surface area contributed by atoms with E-state index in [0.717, 1.165) is 5.56 Å². The van der Waals surface area contributed by atoms with Crippen molar-refractivity contribution in [1.29, 1.82) is 0 Å². The lowest BCUT2D eigenvalue weighted by Crippen LogP contribution is -2.40. The Labute approximate surface area is 179 Å². The molecule has 7 nitrogen and oxygen atoms in total. The molecule has 1 atom stereocenters. The van der Waals surface area contributed by atoms with Crippen molar-refractivity contribution in [1.82, 2.24) is 9.62 Å². The van der Waals surface area contributed by atoms with Crippen LogP contribution in [0.4, 0.5) is 4.39 Å². The molecule has 2 aromatic carbocycles. The number of ether oxygens (including phenoxy) is 2. The molecule has 0 bridgehead atoms. The summed E-state index contributed by atoms with van der Waals surface area (Å²) < 4.78 is 50.3. The van der Waals surface area contributed by atoms with E-state index in [2.05, 4.69) is 5.32 Å². The molecule has 10 heteroatoms. The summed E-state index contributed by atoms with van der Waals surface area (Å²) in [6, 6.07) is 9.61. The monoisotopic (exact) mass is 456 g/mol. The van der Waals surface area contributed by atoms with E-state index in [1.54, 1.807) is 19.1 Å². The summed E-state index contributed by atoms with van der Waals surface area (Å²) in [5.41, 5.74) is 0.750. The fraction of sp³-hybridized carbons (Fsp3) is 0.350. The Kier molecular flexibility index (Phi) is 7.30. The van der Waals surface area contributed by atoms with Gasteiger partial charge in [0.15, 0.2) is 6.61 Å². The fourth-order valence-electron chi connectivity index (χ4n) is 2.96. The third-order valence-electron chi connectivity index (χ3n) is 4.62. The first-order chi connectivity index (χ1) is 14.3. The lowest BCUT2D eigenvalue weighted by Gasteiger charge is -2.26. The molecule has 30 heavy (non-hydrogen) atoms. The summed E-state index contributed by atoms with van der Waals surface area (Å²) >= 11 is 6.17. The van der Waals surface area contributed by atoms with Crippen molar-refractivity contribution in [2.45, 2.75) is 17.9 Å². The van der Waals surface area contributed by atoms with E-state index >= 15 is 0 Å². The number of nitrogens with one attached hydrogen (secondary N) is 1. The first kappa shape index (κ1) is 22.5. The van der Waals surface area contributed by atoms with Gasteiger partial charge in [-0.05, 0) is 42.8 Å². The molecule has 1 aliphatic rings. The molecule has 162 valence electrons. The Balaban J connectivity index is 1.59. The normalized spacial score (nSPS) is 16.1. The largest absolute Gasteiger partial charge is 0.482 e. The van der Waals surface area contributed by atoms with Gasteiger partial charge in [0, 0.05) is 13.1 Å². The van der Waals surface area contributed by atoms with Crippen molar-refractivity contribution < 1.29 is 27.1 Å². The minimum Gasteiger partial charge on any atom is -0.482 e. The fourth-order valence-corrected chi connectivity index (χ4v) is 4.69. The summed E-state index contributed by atoms with van der Waals surface area (Å²) in [7, 11) is -3.67. The lowest BCUT2D eigenvalue weighted by atomic mass is 10.1. The minimum absolute atomic E-state index is 0.0520. The lowest BCUT2D eigenvalue weighted by molar-refractivity contribution is -0.123. The molecular formula is C20H22ClFN2O5S. The van der Waals surface area contributed by atoms with Gasteiger partial charge in [-0.1, -0.05) is 23.7 Å². The number of morpholine rings is 1. The Bertz CT molecular complexity index is 995. The Morgan fingerprint density at radius 2 is 1.90 bits per heavy atom. The van der Waals surface area contributed by atoms with Crippen LogP contribution in [0.25, 0.3) is 0 Å². The second-order valence-corrected chi connectivity index (χ2v) is 9.08. The molecule has 0 unspecified atom stereocenters. The molecule has 3 rings (SSSR count). The number of amides is 1. The molecule has 1 fully saturated rings. The highest BCUT2D eigenvalue weighted by molar-refractivity contribution is 7.89. The number of benzene rings is 2. The predicted octanol–water partition coefficient (Wildman–Crippen LogP) is 2.76. The summed E-state index contributed by atoms with van der Waals surface area (Å²) in [5, 5.41) is 2.83. The maximum atomic E-state index is 13.0. The highest BCUT2D eigenvalue weighted by atomic mass is 35.5. The number of nitrogens with zero attached hydrogens (tertiary/aromatic N) is 1. The van der Waals surface area contributed by atoms with E-state index in [1.807, 2.05) is 0 Å². The number of carbonyl (C=O) groups excluding carboxylic acids is 1. The zero-order chi connectivity index (χ0) is 21.7. The van der Waals surface area contributed by atoms with Gasteiger partial charge in [0.25, 0.3) is 5.91 Å². The molecule has 1 amide bonds. The van der Waals surface area contributed by atoms with Crippen molar-refractivity contribution in [2.24, 2.45) is 0 Å². The summed E-state index contributed by atoms with van der Waals surface area (Å²) in [5.74, 6) is -0.551. The molecule has 0 spiro atoms. The number of rotatable bonds is 7. The van der Waals surface area contributed by atoms with Crippen LogP contribution in [0.1, 0.15) is 18.5 Å². The van der Waals surface area contributed by atoms with Gasteiger partial charge < -0.3 is 14.8 Å². The number of carbonyl (C=O) groups is 1. The molecule has 1 aliphatic heterocycles. The Morgan fingerprint density at radius 1 is 1.23 bits per heavy atom. The summed E-state index contributed by atoms with van der Waals surface area (Å²) in [6.45, 7) is 2.72. The summed E-state index contributed by atoms with van der Waals surface area (Å²) in [4.78, 5) is 12.2. The van der Waals surface area contributed by atoms with Crippen molar-refractivity contribution in [3.05, 3.63) is 58.9 Å². The van der Waals surface area contributed by atoms with E-state index in [9.17, 15) is 17.6 Å². The van der Waals surface area contributed by atoms with Gasteiger partial charge in [-0.3, -0.25) is 4.79 Å². The molecule has 0 saturated carbocycles. The van der Waals surface area contributed by atoms with Gasteiger partial charge in [-0.25, -0.2) is 12.8 Å².